The molecule has 2 atom stereocenters. The summed E-state index contributed by atoms with van der Waals surface area (Å²) in [6.07, 6.45) is 0.229. The summed E-state index contributed by atoms with van der Waals surface area (Å²) in [6, 6.07) is 14.1. The van der Waals surface area contributed by atoms with Crippen molar-refractivity contribution in [2.24, 2.45) is 5.10 Å². The van der Waals surface area contributed by atoms with Crippen LogP contribution in [0.1, 0.15) is 48.5 Å². The molecular formula is C31H34N4O9. The number of aliphatic hydroxyl groups is 1. The molecule has 0 radical (unpaired) electrons. The number of nitrogens with one attached hydrogen (secondary N) is 3. The van der Waals surface area contributed by atoms with E-state index in [0.717, 1.165) is 5.56 Å². The predicted molar refractivity (Wildman–Crippen MR) is 159 cm³/mol. The van der Waals surface area contributed by atoms with Crippen molar-refractivity contribution < 1.29 is 42.9 Å². The predicted octanol–water partition coefficient (Wildman–Crippen LogP) is 3.64. The van der Waals surface area contributed by atoms with Gasteiger partial charge in [-0.1, -0.05) is 18.2 Å². The summed E-state index contributed by atoms with van der Waals surface area (Å²) in [7, 11) is 1.27. The van der Waals surface area contributed by atoms with Gasteiger partial charge in [-0.05, 0) is 62.7 Å². The van der Waals surface area contributed by atoms with Crippen LogP contribution in [0.3, 0.4) is 0 Å². The van der Waals surface area contributed by atoms with E-state index in [1.54, 1.807) is 75.4 Å². The molecule has 2 heterocycles. The van der Waals surface area contributed by atoms with Crippen LogP contribution >= 0.6 is 0 Å². The molecular weight excluding hydrogens is 572 g/mol. The smallest absolute Gasteiger partial charge is 0.338 e. The minimum absolute atomic E-state index is 0.177. The molecule has 0 spiro atoms. The van der Waals surface area contributed by atoms with Crippen molar-refractivity contribution in [3.8, 4) is 22.8 Å². The second-order valence-corrected chi connectivity index (χ2v) is 9.41. The Balaban J connectivity index is 1.36. The van der Waals surface area contributed by atoms with Crippen molar-refractivity contribution in [2.75, 3.05) is 26.9 Å². The van der Waals surface area contributed by atoms with Gasteiger partial charge in [0, 0.05) is 11.3 Å². The number of hydrogen-bond donors (Lipinski definition) is 4. The van der Waals surface area contributed by atoms with E-state index >= 15 is 0 Å². The van der Waals surface area contributed by atoms with Crippen LogP contribution in [-0.2, 0) is 14.3 Å². The van der Waals surface area contributed by atoms with E-state index in [0.29, 0.717) is 53.1 Å². The van der Waals surface area contributed by atoms with E-state index in [2.05, 4.69) is 21.2 Å². The Morgan fingerprint density at radius 2 is 1.82 bits per heavy atom. The van der Waals surface area contributed by atoms with Crippen molar-refractivity contribution in [3.05, 3.63) is 82.8 Å². The Labute approximate surface area is 253 Å². The third-order valence-corrected chi connectivity index (χ3v) is 6.39. The number of hydrogen-bond acceptors (Lipinski definition) is 11. The fourth-order valence-electron chi connectivity index (χ4n) is 4.37. The molecule has 1 aliphatic heterocycles. The summed E-state index contributed by atoms with van der Waals surface area (Å²) in [6.45, 7) is 5.62. The van der Waals surface area contributed by atoms with Gasteiger partial charge < -0.3 is 39.1 Å². The highest BCUT2D eigenvalue weighted by Crippen LogP contribution is 2.35. The number of urea groups is 1. The molecule has 2 amide bonds. The highest BCUT2D eigenvalue weighted by molar-refractivity contribution is 5.95. The van der Waals surface area contributed by atoms with Gasteiger partial charge in [0.15, 0.2) is 17.7 Å². The maximum absolute atomic E-state index is 12.4. The number of ether oxygens (including phenoxy) is 4. The Morgan fingerprint density at radius 1 is 1.05 bits per heavy atom. The fourth-order valence-corrected chi connectivity index (χ4v) is 4.37. The van der Waals surface area contributed by atoms with Gasteiger partial charge in [-0.3, -0.25) is 5.43 Å². The third-order valence-electron chi connectivity index (χ3n) is 6.39. The molecule has 0 fully saturated rings. The van der Waals surface area contributed by atoms with Crippen LogP contribution in [-0.4, -0.2) is 62.4 Å². The number of methoxy groups -OCH3 is 1. The van der Waals surface area contributed by atoms with Crippen LogP contribution in [0.15, 0.2) is 75.4 Å². The molecule has 232 valence electrons. The molecule has 1 aromatic heterocycles. The number of hydrazone groups is 1. The van der Waals surface area contributed by atoms with E-state index in [1.165, 1.54) is 13.3 Å². The number of furan rings is 1. The fraction of sp³-hybridized carbons (Fsp3) is 0.290. The van der Waals surface area contributed by atoms with Gasteiger partial charge >= 0.3 is 18.0 Å². The van der Waals surface area contributed by atoms with E-state index in [-0.39, 0.29) is 18.1 Å². The average molecular weight is 607 g/mol. The second-order valence-electron chi connectivity index (χ2n) is 9.41. The number of allylic oxidation sites excluding steroid dienone is 1. The highest BCUT2D eigenvalue weighted by atomic mass is 16.5. The quantitative estimate of drug-likeness (QED) is 0.0975. The maximum atomic E-state index is 12.4. The minimum atomic E-state index is -1.18. The van der Waals surface area contributed by atoms with Crippen molar-refractivity contribution in [3.63, 3.8) is 0 Å². The van der Waals surface area contributed by atoms with Crippen LogP contribution in [0.4, 0.5) is 4.79 Å². The summed E-state index contributed by atoms with van der Waals surface area (Å²) >= 11 is 0. The first-order valence-corrected chi connectivity index (χ1v) is 13.8. The number of nitrogens with zero attached hydrogens (tertiary/aromatic N) is 1. The lowest BCUT2D eigenvalue weighted by molar-refractivity contribution is -0.136. The summed E-state index contributed by atoms with van der Waals surface area (Å²) in [4.78, 5) is 36.4. The first kappa shape index (κ1) is 31.6. The second kappa shape index (κ2) is 14.7. The van der Waals surface area contributed by atoms with Crippen LogP contribution in [0.25, 0.3) is 11.3 Å². The monoisotopic (exact) mass is 606 g/mol. The summed E-state index contributed by atoms with van der Waals surface area (Å²) in [5, 5.41) is 19.7. The van der Waals surface area contributed by atoms with Crippen molar-refractivity contribution in [2.45, 2.75) is 33.0 Å². The summed E-state index contributed by atoms with van der Waals surface area (Å²) < 4.78 is 27.2. The van der Waals surface area contributed by atoms with E-state index in [9.17, 15) is 19.5 Å². The van der Waals surface area contributed by atoms with E-state index in [4.69, 9.17) is 23.4 Å². The molecule has 0 bridgehead atoms. The van der Waals surface area contributed by atoms with Gasteiger partial charge in [-0.2, -0.15) is 5.10 Å². The van der Waals surface area contributed by atoms with Gasteiger partial charge in [-0.15, -0.1) is 0 Å². The number of rotatable bonds is 13. The van der Waals surface area contributed by atoms with Crippen molar-refractivity contribution >= 4 is 24.2 Å². The number of esters is 2. The van der Waals surface area contributed by atoms with Gasteiger partial charge in [0.1, 0.15) is 18.1 Å². The van der Waals surface area contributed by atoms with Gasteiger partial charge in [-0.25, -0.2) is 14.4 Å². The zero-order valence-corrected chi connectivity index (χ0v) is 24.7. The Bertz CT molecular complexity index is 1550. The topological polar surface area (TPSA) is 170 Å². The Hall–Kier alpha value is -5.30. The number of benzene rings is 2. The van der Waals surface area contributed by atoms with E-state index in [1.807, 2.05) is 0 Å². The number of amides is 2. The average Bonchev–Trinajstić information content (AvgIpc) is 3.49. The Morgan fingerprint density at radius 3 is 2.52 bits per heavy atom. The largest absolute Gasteiger partial charge is 0.490 e. The minimum Gasteiger partial charge on any atom is -0.490 e. The molecule has 13 heteroatoms. The van der Waals surface area contributed by atoms with Crippen LogP contribution in [0.2, 0.25) is 0 Å². The molecule has 0 saturated carbocycles. The molecule has 0 unspecified atom stereocenters. The lowest BCUT2D eigenvalue weighted by atomic mass is 9.95. The third kappa shape index (κ3) is 7.75. The SMILES string of the molecule is CCOC(=O)c1ccc(-c2ccc(/C=N\N[C@@H](O)COc3ccc([C@@H]4NC(=O)NC(C)=C4C(=O)OC)cc3OCC)o2)cc1. The number of carbonyl (C=O) groups excluding carboxylic acids is 3. The standard InChI is InChI=1S/C31H34N4O9/c1-5-41-25-15-21(28-27(30(38)40-4)18(3)33-31(39)34-28)11-13-24(25)43-17-26(36)35-32-16-22-12-14-23(44-22)19-7-9-20(10-8-19)29(37)42-6-2/h7-16,26,28,35-36H,5-6,17H2,1-4H3,(H2,33,34,39)/b32-16-/t26-,28-/m0/s1. The van der Waals surface area contributed by atoms with Gasteiger partial charge in [0.05, 0.1) is 43.7 Å². The molecule has 0 saturated heterocycles. The molecule has 1 aliphatic rings. The highest BCUT2D eigenvalue weighted by Gasteiger charge is 2.32. The molecule has 44 heavy (non-hydrogen) atoms. The first-order chi connectivity index (χ1) is 21.2. The summed E-state index contributed by atoms with van der Waals surface area (Å²) in [5.74, 6) is 0.735. The Kier molecular flexibility index (Phi) is 10.6. The molecule has 4 rings (SSSR count). The molecule has 3 aromatic rings. The molecule has 13 nitrogen and oxygen atoms in total. The van der Waals surface area contributed by atoms with Crippen LogP contribution < -0.4 is 25.5 Å². The van der Waals surface area contributed by atoms with E-state index < -0.39 is 24.3 Å². The lowest BCUT2D eigenvalue weighted by Gasteiger charge is -2.28. The molecule has 4 N–H and O–H groups in total. The van der Waals surface area contributed by atoms with Gasteiger partial charge in [0.25, 0.3) is 0 Å². The zero-order chi connectivity index (χ0) is 31.6. The van der Waals surface area contributed by atoms with Crippen LogP contribution in [0.5, 0.6) is 11.5 Å². The first-order valence-electron chi connectivity index (χ1n) is 13.8. The molecule has 2 aromatic carbocycles. The summed E-state index contributed by atoms with van der Waals surface area (Å²) in [5.41, 5.74) is 5.00. The van der Waals surface area contributed by atoms with Crippen molar-refractivity contribution in [1.29, 1.82) is 0 Å². The van der Waals surface area contributed by atoms with Crippen molar-refractivity contribution in [1.82, 2.24) is 16.1 Å². The van der Waals surface area contributed by atoms with Crippen LogP contribution in [0, 0.1) is 0 Å². The number of carbonyl (C=O) groups is 3. The maximum Gasteiger partial charge on any atom is 0.338 e. The number of aliphatic hydroxyl groups excluding tert-OH is 1. The zero-order valence-electron chi connectivity index (χ0n) is 24.7. The normalized spacial score (nSPS) is 15.3. The molecule has 0 aliphatic carbocycles. The van der Waals surface area contributed by atoms with Gasteiger partial charge in [0.2, 0.25) is 0 Å². The lowest BCUT2D eigenvalue weighted by Crippen LogP contribution is -2.45.